The van der Waals surface area contributed by atoms with E-state index in [4.69, 9.17) is 9.47 Å². The molecule has 1 atom stereocenters. The molecule has 4 rings (SSSR count). The SMILES string of the molecule is O=C(CC1CC1)N1CCOC[C@]2(C1)CN(c1ccsc1)C(=O)CO2. The van der Waals surface area contributed by atoms with E-state index < -0.39 is 5.60 Å². The van der Waals surface area contributed by atoms with Crippen LogP contribution in [0.15, 0.2) is 16.8 Å². The Labute approximate surface area is 145 Å². The van der Waals surface area contributed by atoms with Gasteiger partial charge in [0.25, 0.3) is 5.91 Å². The summed E-state index contributed by atoms with van der Waals surface area (Å²) >= 11 is 1.56. The molecule has 130 valence electrons. The molecule has 3 heterocycles. The zero-order valence-electron chi connectivity index (χ0n) is 13.6. The van der Waals surface area contributed by atoms with Crippen LogP contribution in [0.5, 0.6) is 0 Å². The fourth-order valence-corrected chi connectivity index (χ4v) is 4.00. The maximum absolute atomic E-state index is 12.5. The Morgan fingerprint density at radius 1 is 1.38 bits per heavy atom. The first-order chi connectivity index (χ1) is 11.7. The van der Waals surface area contributed by atoms with Crippen molar-refractivity contribution in [1.29, 1.82) is 0 Å². The molecule has 0 radical (unpaired) electrons. The number of morpholine rings is 1. The molecule has 2 amide bonds. The molecule has 1 saturated carbocycles. The van der Waals surface area contributed by atoms with Gasteiger partial charge in [-0.3, -0.25) is 9.59 Å². The highest BCUT2D eigenvalue weighted by Crippen LogP contribution is 2.34. The van der Waals surface area contributed by atoms with Crippen molar-refractivity contribution in [2.75, 3.05) is 44.4 Å². The number of carbonyl (C=O) groups excluding carboxylic acids is 2. The third kappa shape index (κ3) is 3.34. The van der Waals surface area contributed by atoms with Gasteiger partial charge in [-0.25, -0.2) is 0 Å². The first kappa shape index (κ1) is 16.1. The predicted octanol–water partition coefficient (Wildman–Crippen LogP) is 1.51. The van der Waals surface area contributed by atoms with Crippen molar-refractivity contribution in [2.24, 2.45) is 5.92 Å². The first-order valence-corrected chi connectivity index (χ1v) is 9.42. The van der Waals surface area contributed by atoms with Gasteiger partial charge >= 0.3 is 0 Å². The Hall–Kier alpha value is -1.44. The van der Waals surface area contributed by atoms with E-state index in [2.05, 4.69) is 0 Å². The van der Waals surface area contributed by atoms with Crippen LogP contribution in [-0.4, -0.2) is 61.8 Å². The number of ether oxygens (including phenoxy) is 2. The topological polar surface area (TPSA) is 59.1 Å². The smallest absolute Gasteiger partial charge is 0.253 e. The molecule has 1 aromatic rings. The molecule has 0 unspecified atom stereocenters. The predicted molar refractivity (Wildman–Crippen MR) is 90.1 cm³/mol. The number of amides is 2. The lowest BCUT2D eigenvalue weighted by Crippen LogP contribution is -2.61. The lowest BCUT2D eigenvalue weighted by atomic mass is 10.0. The van der Waals surface area contributed by atoms with Gasteiger partial charge in [0.05, 0.1) is 32.0 Å². The van der Waals surface area contributed by atoms with Gasteiger partial charge in [0.1, 0.15) is 12.2 Å². The van der Waals surface area contributed by atoms with Gasteiger partial charge < -0.3 is 19.3 Å². The van der Waals surface area contributed by atoms with Gasteiger partial charge in [-0.1, -0.05) is 0 Å². The van der Waals surface area contributed by atoms with Crippen molar-refractivity contribution in [2.45, 2.75) is 24.9 Å². The zero-order chi connectivity index (χ0) is 16.6. The Morgan fingerprint density at radius 2 is 2.25 bits per heavy atom. The molecule has 3 aliphatic rings. The van der Waals surface area contributed by atoms with Crippen LogP contribution < -0.4 is 4.90 Å². The summed E-state index contributed by atoms with van der Waals surface area (Å²) in [6.45, 7) is 2.48. The van der Waals surface area contributed by atoms with Gasteiger partial charge in [0.15, 0.2) is 0 Å². The maximum atomic E-state index is 12.5. The third-order valence-electron chi connectivity index (χ3n) is 4.93. The van der Waals surface area contributed by atoms with Gasteiger partial charge in [-0.2, -0.15) is 11.3 Å². The van der Waals surface area contributed by atoms with Crippen LogP contribution >= 0.6 is 11.3 Å². The molecule has 0 aromatic carbocycles. The minimum Gasteiger partial charge on any atom is -0.376 e. The second-order valence-electron chi connectivity index (χ2n) is 6.95. The van der Waals surface area contributed by atoms with Gasteiger partial charge in [-0.05, 0) is 30.2 Å². The van der Waals surface area contributed by atoms with E-state index in [-0.39, 0.29) is 18.4 Å². The van der Waals surface area contributed by atoms with E-state index in [1.165, 1.54) is 0 Å². The molecule has 7 heteroatoms. The molecular formula is C17H22N2O4S. The maximum Gasteiger partial charge on any atom is 0.253 e. The molecule has 1 spiro atoms. The van der Waals surface area contributed by atoms with Crippen LogP contribution in [0.2, 0.25) is 0 Å². The molecule has 0 N–H and O–H groups in total. The van der Waals surface area contributed by atoms with Crippen LogP contribution in [0, 0.1) is 5.92 Å². The minimum atomic E-state index is -0.633. The van der Waals surface area contributed by atoms with Crippen molar-refractivity contribution in [3.8, 4) is 0 Å². The van der Waals surface area contributed by atoms with E-state index in [1.807, 2.05) is 21.7 Å². The normalized spacial score (nSPS) is 28.2. The second-order valence-corrected chi connectivity index (χ2v) is 7.73. The number of rotatable bonds is 3. The van der Waals surface area contributed by atoms with E-state index in [0.29, 0.717) is 45.2 Å². The molecule has 6 nitrogen and oxygen atoms in total. The first-order valence-electron chi connectivity index (χ1n) is 8.47. The summed E-state index contributed by atoms with van der Waals surface area (Å²) in [6, 6.07) is 1.94. The molecule has 0 bridgehead atoms. The molecule has 2 aliphatic heterocycles. The average molecular weight is 350 g/mol. The Kier molecular flexibility index (Phi) is 4.32. The highest BCUT2D eigenvalue weighted by atomic mass is 32.1. The van der Waals surface area contributed by atoms with E-state index in [0.717, 1.165) is 18.5 Å². The Balaban J connectivity index is 1.51. The van der Waals surface area contributed by atoms with Crippen LogP contribution in [0.1, 0.15) is 19.3 Å². The average Bonchev–Trinajstić information content (AvgIpc) is 3.27. The van der Waals surface area contributed by atoms with Crippen molar-refractivity contribution < 1.29 is 19.1 Å². The summed E-state index contributed by atoms with van der Waals surface area (Å²) in [5, 5.41) is 3.92. The summed E-state index contributed by atoms with van der Waals surface area (Å²) < 4.78 is 11.7. The van der Waals surface area contributed by atoms with E-state index in [9.17, 15) is 9.59 Å². The Bertz CT molecular complexity index is 616. The van der Waals surface area contributed by atoms with Crippen LogP contribution in [-0.2, 0) is 19.1 Å². The molecule has 1 aromatic heterocycles. The van der Waals surface area contributed by atoms with E-state index in [1.54, 1.807) is 16.2 Å². The van der Waals surface area contributed by atoms with Crippen molar-refractivity contribution in [3.63, 3.8) is 0 Å². The van der Waals surface area contributed by atoms with E-state index >= 15 is 0 Å². The molecule has 3 fully saturated rings. The molecule has 2 saturated heterocycles. The van der Waals surface area contributed by atoms with Crippen LogP contribution in [0.3, 0.4) is 0 Å². The van der Waals surface area contributed by atoms with Gasteiger partial charge in [0.2, 0.25) is 5.91 Å². The second kappa shape index (κ2) is 6.46. The van der Waals surface area contributed by atoms with Gasteiger partial charge in [-0.15, -0.1) is 0 Å². The summed E-state index contributed by atoms with van der Waals surface area (Å²) in [6.07, 6.45) is 2.96. The third-order valence-corrected chi connectivity index (χ3v) is 5.60. The summed E-state index contributed by atoms with van der Waals surface area (Å²) in [7, 11) is 0. The van der Waals surface area contributed by atoms with Crippen molar-refractivity contribution >= 4 is 28.8 Å². The number of nitrogens with zero attached hydrogens (tertiary/aromatic N) is 2. The highest BCUT2D eigenvalue weighted by Gasteiger charge is 2.44. The number of anilines is 1. The van der Waals surface area contributed by atoms with Crippen molar-refractivity contribution in [3.05, 3.63) is 16.8 Å². The molecule has 24 heavy (non-hydrogen) atoms. The summed E-state index contributed by atoms with van der Waals surface area (Å²) in [5.41, 5.74) is 0.263. The van der Waals surface area contributed by atoms with Crippen molar-refractivity contribution in [1.82, 2.24) is 4.90 Å². The number of hydrogen-bond donors (Lipinski definition) is 0. The van der Waals surface area contributed by atoms with Crippen LogP contribution in [0.25, 0.3) is 0 Å². The monoisotopic (exact) mass is 350 g/mol. The largest absolute Gasteiger partial charge is 0.376 e. The fraction of sp³-hybridized carbons (Fsp3) is 0.647. The molecule has 1 aliphatic carbocycles. The lowest BCUT2D eigenvalue weighted by molar-refractivity contribution is -0.149. The highest BCUT2D eigenvalue weighted by molar-refractivity contribution is 7.08. The van der Waals surface area contributed by atoms with Gasteiger partial charge in [0, 0.05) is 18.3 Å². The summed E-state index contributed by atoms with van der Waals surface area (Å²) in [5.74, 6) is 0.706. The quantitative estimate of drug-likeness (QED) is 0.829. The number of carbonyl (C=O) groups is 2. The fourth-order valence-electron chi connectivity index (χ4n) is 3.36. The molecular weight excluding hydrogens is 328 g/mol. The number of thiophene rings is 1. The minimum absolute atomic E-state index is 0.0316. The van der Waals surface area contributed by atoms with Crippen LogP contribution in [0.4, 0.5) is 5.69 Å². The Morgan fingerprint density at radius 3 is 3.00 bits per heavy atom. The summed E-state index contributed by atoms with van der Waals surface area (Å²) in [4.78, 5) is 28.4. The lowest BCUT2D eigenvalue weighted by Gasteiger charge is -2.42. The standard InChI is InChI=1S/C17H22N2O4S/c20-15(7-13-1-2-13)18-4-5-22-12-17(10-18)11-19(16(21)8-23-17)14-3-6-24-9-14/h3,6,9,13H,1-2,4-5,7-8,10-12H2/t17-/m0/s1. The zero-order valence-corrected chi connectivity index (χ0v) is 14.4. The number of hydrogen-bond acceptors (Lipinski definition) is 5.